The Morgan fingerprint density at radius 3 is 2.72 bits per heavy atom. The molecule has 2 aliphatic rings. The van der Waals surface area contributed by atoms with E-state index < -0.39 is 5.91 Å². The molecular formula is C24H28N4O3S. The number of primary amides is 1. The van der Waals surface area contributed by atoms with Crippen molar-refractivity contribution in [3.05, 3.63) is 40.5 Å². The van der Waals surface area contributed by atoms with Gasteiger partial charge >= 0.3 is 0 Å². The third-order valence-electron chi connectivity index (χ3n) is 6.69. The minimum absolute atomic E-state index is 0.126. The number of benzene rings is 1. The zero-order valence-corrected chi connectivity index (χ0v) is 19.2. The van der Waals surface area contributed by atoms with Crippen molar-refractivity contribution in [3.63, 3.8) is 0 Å². The van der Waals surface area contributed by atoms with Crippen molar-refractivity contribution in [1.29, 1.82) is 0 Å². The molecular weight excluding hydrogens is 424 g/mol. The minimum Gasteiger partial charge on any atom is -0.393 e. The Morgan fingerprint density at radius 1 is 1.25 bits per heavy atom. The van der Waals surface area contributed by atoms with Crippen LogP contribution in [0.4, 0.5) is 5.69 Å². The Morgan fingerprint density at radius 2 is 2.00 bits per heavy atom. The van der Waals surface area contributed by atoms with Crippen molar-refractivity contribution in [1.82, 2.24) is 9.55 Å². The van der Waals surface area contributed by atoms with Crippen molar-refractivity contribution in [2.24, 2.45) is 11.1 Å². The first kappa shape index (κ1) is 21.2. The van der Waals surface area contributed by atoms with Crippen LogP contribution in [0, 0.1) is 5.41 Å². The van der Waals surface area contributed by atoms with Crippen LogP contribution in [0.25, 0.3) is 16.0 Å². The maximum Gasteiger partial charge on any atom is 0.250 e. The molecule has 1 saturated carbocycles. The fourth-order valence-electron chi connectivity index (χ4n) is 5.16. The number of aliphatic hydroxyl groups is 1. The van der Waals surface area contributed by atoms with E-state index in [1.165, 1.54) is 11.3 Å². The fourth-order valence-corrected chi connectivity index (χ4v) is 6.00. The first-order valence-electron chi connectivity index (χ1n) is 11.1. The van der Waals surface area contributed by atoms with Gasteiger partial charge < -0.3 is 20.7 Å². The Hall–Kier alpha value is -2.71. The lowest BCUT2D eigenvalue weighted by molar-refractivity contribution is 0.0911. The minimum atomic E-state index is -0.483. The first-order valence-corrected chi connectivity index (χ1v) is 12.0. The van der Waals surface area contributed by atoms with Crippen LogP contribution in [0.3, 0.4) is 0 Å². The number of rotatable bonds is 4. The highest BCUT2D eigenvalue weighted by Gasteiger charge is 2.37. The molecule has 2 heterocycles. The summed E-state index contributed by atoms with van der Waals surface area (Å²) in [5.41, 5.74) is 11.8. The zero-order chi connectivity index (χ0) is 22.6. The number of hydrogen-bond acceptors (Lipinski definition) is 6. The summed E-state index contributed by atoms with van der Waals surface area (Å²) >= 11 is 1.52. The molecule has 4 N–H and O–H groups in total. The van der Waals surface area contributed by atoms with E-state index in [9.17, 15) is 14.7 Å². The summed E-state index contributed by atoms with van der Waals surface area (Å²) in [4.78, 5) is 30.6. The van der Waals surface area contributed by atoms with Crippen molar-refractivity contribution < 1.29 is 14.7 Å². The van der Waals surface area contributed by atoms with E-state index in [4.69, 9.17) is 5.73 Å². The summed E-state index contributed by atoms with van der Waals surface area (Å²) < 4.78 is 2.13. The van der Waals surface area contributed by atoms with E-state index in [0.717, 1.165) is 59.4 Å². The highest BCUT2D eigenvalue weighted by Crippen LogP contribution is 2.42. The smallest absolute Gasteiger partial charge is 0.250 e. The van der Waals surface area contributed by atoms with E-state index in [0.29, 0.717) is 17.7 Å². The number of ketones is 1. The lowest BCUT2D eigenvalue weighted by Crippen LogP contribution is -2.29. The van der Waals surface area contributed by atoms with Crippen molar-refractivity contribution in [2.45, 2.75) is 64.5 Å². The normalized spacial score (nSPS) is 22.7. The number of fused-ring (bicyclic) bond motifs is 3. The summed E-state index contributed by atoms with van der Waals surface area (Å²) in [7, 11) is 0. The number of carbonyl (C=O) groups excluding carboxylic acids is 2. The average Bonchev–Trinajstić information content (AvgIpc) is 3.28. The Kier molecular flexibility index (Phi) is 5.09. The lowest BCUT2D eigenvalue weighted by Gasteiger charge is -2.30. The van der Waals surface area contributed by atoms with Crippen LogP contribution in [-0.2, 0) is 6.42 Å². The van der Waals surface area contributed by atoms with Gasteiger partial charge in [-0.3, -0.25) is 9.59 Å². The number of amides is 1. The number of anilines is 1. The number of nitrogens with two attached hydrogens (primary N) is 1. The molecule has 0 aliphatic heterocycles. The largest absolute Gasteiger partial charge is 0.393 e. The number of aliphatic hydroxyl groups excluding tert-OH is 1. The fraction of sp³-hybridized carbons (Fsp3) is 0.458. The predicted octanol–water partition coefficient (Wildman–Crippen LogP) is 4.06. The predicted molar refractivity (Wildman–Crippen MR) is 126 cm³/mol. The molecule has 0 unspecified atom stereocenters. The van der Waals surface area contributed by atoms with Gasteiger partial charge in [-0.05, 0) is 55.7 Å². The molecule has 0 atom stereocenters. The van der Waals surface area contributed by atoms with Crippen LogP contribution in [0.2, 0.25) is 0 Å². The molecule has 1 fully saturated rings. The Balaban J connectivity index is 1.62. The lowest BCUT2D eigenvalue weighted by atomic mass is 9.76. The highest BCUT2D eigenvalue weighted by molar-refractivity contribution is 7.16. The summed E-state index contributed by atoms with van der Waals surface area (Å²) in [6.45, 7) is 4.24. The van der Waals surface area contributed by atoms with Crippen LogP contribution >= 0.6 is 11.3 Å². The number of nitrogens with zero attached hydrogens (tertiary/aromatic N) is 2. The van der Waals surface area contributed by atoms with Gasteiger partial charge in [0.05, 0.1) is 22.7 Å². The molecule has 3 aromatic rings. The van der Waals surface area contributed by atoms with Crippen LogP contribution in [0.5, 0.6) is 0 Å². The third kappa shape index (κ3) is 3.61. The van der Waals surface area contributed by atoms with Crippen LogP contribution < -0.4 is 11.1 Å². The summed E-state index contributed by atoms with van der Waals surface area (Å²) in [5.74, 6) is -0.345. The van der Waals surface area contributed by atoms with Gasteiger partial charge in [0.2, 0.25) is 0 Å². The molecule has 168 valence electrons. The zero-order valence-electron chi connectivity index (χ0n) is 18.4. The van der Waals surface area contributed by atoms with Crippen LogP contribution in [0.15, 0.2) is 23.7 Å². The SMILES string of the molecule is CC1(C)CC(=O)c2c(n(-c3ccc(C(N)=O)c(N[C@H]4CC[C@H](O)CC4)c3)c3scnc23)C1. The summed E-state index contributed by atoms with van der Waals surface area (Å²) in [6, 6.07) is 5.78. The molecule has 0 bridgehead atoms. The topological polar surface area (TPSA) is 110 Å². The molecule has 2 aromatic heterocycles. The molecule has 1 aromatic carbocycles. The molecule has 2 aliphatic carbocycles. The molecule has 7 nitrogen and oxygen atoms in total. The molecule has 0 saturated heterocycles. The maximum absolute atomic E-state index is 13.0. The molecule has 0 spiro atoms. The summed E-state index contributed by atoms with van der Waals surface area (Å²) in [6.07, 6.45) is 4.20. The number of aromatic nitrogens is 2. The van der Waals surface area contributed by atoms with E-state index >= 15 is 0 Å². The second-order valence-corrected chi connectivity index (χ2v) is 10.7. The third-order valence-corrected chi connectivity index (χ3v) is 7.50. The van der Waals surface area contributed by atoms with Gasteiger partial charge in [0.15, 0.2) is 5.78 Å². The van der Waals surface area contributed by atoms with E-state index in [1.807, 2.05) is 12.1 Å². The number of thiazole rings is 1. The van der Waals surface area contributed by atoms with Crippen molar-refractivity contribution in [2.75, 3.05) is 5.32 Å². The first-order chi connectivity index (χ1) is 15.2. The van der Waals surface area contributed by atoms with Crippen LogP contribution in [-0.4, -0.2) is 38.5 Å². The van der Waals surface area contributed by atoms with Crippen molar-refractivity contribution >= 4 is 39.1 Å². The van der Waals surface area contributed by atoms with Gasteiger partial charge in [-0.1, -0.05) is 13.8 Å². The number of nitrogens with one attached hydrogen (secondary N) is 1. The molecule has 32 heavy (non-hydrogen) atoms. The molecule has 8 heteroatoms. The molecule has 1 amide bonds. The van der Waals surface area contributed by atoms with Gasteiger partial charge in [0.25, 0.3) is 5.91 Å². The van der Waals surface area contributed by atoms with Crippen LogP contribution in [0.1, 0.15) is 72.4 Å². The average molecular weight is 453 g/mol. The number of Topliss-reactive ketones (excluding diaryl/α,β-unsaturated/α-hetero) is 1. The van der Waals surface area contributed by atoms with E-state index in [1.54, 1.807) is 11.6 Å². The summed E-state index contributed by atoms with van der Waals surface area (Å²) in [5, 5.41) is 13.3. The van der Waals surface area contributed by atoms with Gasteiger partial charge in [0.1, 0.15) is 10.3 Å². The molecule has 0 radical (unpaired) electrons. The van der Waals surface area contributed by atoms with E-state index in [-0.39, 0.29) is 23.3 Å². The van der Waals surface area contributed by atoms with Gasteiger partial charge in [0, 0.05) is 29.5 Å². The highest BCUT2D eigenvalue weighted by atomic mass is 32.1. The maximum atomic E-state index is 13.0. The number of carbonyl (C=O) groups is 2. The molecule has 5 rings (SSSR count). The Bertz CT molecular complexity index is 1220. The monoisotopic (exact) mass is 452 g/mol. The van der Waals surface area contributed by atoms with E-state index in [2.05, 4.69) is 28.7 Å². The number of hydrogen-bond donors (Lipinski definition) is 3. The second-order valence-electron chi connectivity index (χ2n) is 9.85. The van der Waals surface area contributed by atoms with Gasteiger partial charge in [-0.2, -0.15) is 0 Å². The standard InChI is InChI=1S/C24H28N4O3S/c1-24(2)10-18-20(19(30)11-24)21-23(32-12-26-21)28(18)14-5-8-16(22(25)31)17(9-14)27-13-3-6-15(29)7-4-13/h5,8-9,12-13,15,27,29H,3-4,6-7,10-11H2,1-2H3,(H2,25,31)/t13-,15-. The van der Waals surface area contributed by atoms with Gasteiger partial charge in [-0.15, -0.1) is 11.3 Å². The second kappa shape index (κ2) is 7.71. The Labute approximate surface area is 190 Å². The van der Waals surface area contributed by atoms with Gasteiger partial charge in [-0.25, -0.2) is 4.98 Å². The quantitative estimate of drug-likeness (QED) is 0.553. The van der Waals surface area contributed by atoms with Crippen molar-refractivity contribution in [3.8, 4) is 5.69 Å².